The number of benzene rings is 2. The SMILES string of the molecule is O=C(O[C@@H](Cc1c(Cl)c[nH+]cc1Cl)c1ccc(OC(F)F)c(OCC2CC2)c1)[C@H]1CCCN(S(=O)(=O)c2ccccc2)C1.[OH-]. The fourth-order valence-electron chi connectivity index (χ4n) is 4.94. The Morgan fingerprint density at radius 2 is 1.73 bits per heavy atom. The van der Waals surface area contributed by atoms with Crippen LogP contribution in [0, 0.1) is 11.8 Å². The Bertz CT molecular complexity index is 1530. The molecule has 5 rings (SSSR count). The van der Waals surface area contributed by atoms with E-state index >= 15 is 0 Å². The molecule has 1 saturated heterocycles. The van der Waals surface area contributed by atoms with Gasteiger partial charge in [0.15, 0.2) is 23.9 Å². The topological polar surface area (TPSA) is 126 Å². The van der Waals surface area contributed by atoms with Crippen molar-refractivity contribution in [2.24, 2.45) is 11.8 Å². The molecule has 0 radical (unpaired) electrons. The smallest absolute Gasteiger partial charge is 0.387 e. The maximum absolute atomic E-state index is 13.6. The molecule has 1 aliphatic carbocycles. The van der Waals surface area contributed by atoms with Crippen molar-refractivity contribution in [2.45, 2.75) is 49.7 Å². The van der Waals surface area contributed by atoms with E-state index in [1.54, 1.807) is 30.6 Å². The number of hydrogen-bond acceptors (Lipinski definition) is 7. The quantitative estimate of drug-likeness (QED) is 0.218. The monoisotopic (exact) mass is 672 g/mol. The molecule has 2 heterocycles. The molecule has 238 valence electrons. The van der Waals surface area contributed by atoms with Crippen LogP contribution in [0.25, 0.3) is 0 Å². The lowest BCUT2D eigenvalue weighted by Gasteiger charge is -2.32. The van der Waals surface area contributed by atoms with Crippen LogP contribution in [0.4, 0.5) is 8.78 Å². The second-order valence-corrected chi connectivity index (χ2v) is 13.4. The van der Waals surface area contributed by atoms with Gasteiger partial charge in [-0.1, -0.05) is 47.5 Å². The van der Waals surface area contributed by atoms with Gasteiger partial charge in [-0.05, 0) is 61.4 Å². The summed E-state index contributed by atoms with van der Waals surface area (Å²) in [5.74, 6) is -1.01. The van der Waals surface area contributed by atoms with Crippen molar-refractivity contribution < 1.29 is 46.7 Å². The highest BCUT2D eigenvalue weighted by atomic mass is 35.5. The van der Waals surface area contributed by atoms with Crippen molar-refractivity contribution in [3.63, 3.8) is 0 Å². The highest BCUT2D eigenvalue weighted by Crippen LogP contribution is 2.38. The molecule has 44 heavy (non-hydrogen) atoms. The molecular weight excluding hydrogens is 641 g/mol. The molecular formula is C30H32Cl2F2N2O7S. The molecule has 0 amide bonds. The largest absolute Gasteiger partial charge is 0.870 e. The molecule has 1 saturated carbocycles. The van der Waals surface area contributed by atoms with Gasteiger partial charge < -0.3 is 19.7 Å². The van der Waals surface area contributed by atoms with Crippen molar-refractivity contribution in [1.82, 2.24) is 4.31 Å². The summed E-state index contributed by atoms with van der Waals surface area (Å²) in [5, 5.41) is 0.628. The Morgan fingerprint density at radius 1 is 1.02 bits per heavy atom. The number of piperidine rings is 1. The van der Waals surface area contributed by atoms with Crippen molar-refractivity contribution in [2.75, 3.05) is 19.7 Å². The second-order valence-electron chi connectivity index (χ2n) is 10.6. The molecule has 1 aliphatic heterocycles. The summed E-state index contributed by atoms with van der Waals surface area (Å²) in [5.41, 5.74) is 0.954. The zero-order valence-electron chi connectivity index (χ0n) is 23.5. The molecule has 2 atom stereocenters. The first-order valence-corrected chi connectivity index (χ1v) is 16.1. The number of esters is 1. The minimum absolute atomic E-state index is 0. The molecule has 2 N–H and O–H groups in total. The summed E-state index contributed by atoms with van der Waals surface area (Å²) in [6.07, 6.45) is 5.09. The molecule has 0 unspecified atom stereocenters. The fourth-order valence-corrected chi connectivity index (χ4v) is 7.02. The van der Waals surface area contributed by atoms with Gasteiger partial charge in [-0.3, -0.25) is 4.79 Å². The zero-order chi connectivity index (χ0) is 30.6. The molecule has 2 aromatic carbocycles. The Morgan fingerprint density at radius 3 is 2.39 bits per heavy atom. The maximum Gasteiger partial charge on any atom is 0.387 e. The number of aromatic amines is 1. The van der Waals surface area contributed by atoms with Gasteiger partial charge in [-0.25, -0.2) is 13.4 Å². The number of carbonyl (C=O) groups is 1. The van der Waals surface area contributed by atoms with Crippen LogP contribution in [0.5, 0.6) is 11.5 Å². The number of aromatic nitrogens is 1. The number of alkyl halides is 2. The number of H-pyrrole nitrogens is 1. The number of ether oxygens (including phenoxy) is 3. The molecule has 0 spiro atoms. The lowest BCUT2D eigenvalue weighted by atomic mass is 9.98. The molecule has 2 aliphatic rings. The van der Waals surface area contributed by atoms with E-state index in [4.69, 9.17) is 32.7 Å². The molecule has 2 fully saturated rings. The number of carbonyl (C=O) groups excluding carboxylic acids is 1. The molecule has 14 heteroatoms. The van der Waals surface area contributed by atoms with Gasteiger partial charge in [0.2, 0.25) is 10.0 Å². The van der Waals surface area contributed by atoms with Gasteiger partial charge in [-0.15, -0.1) is 0 Å². The van der Waals surface area contributed by atoms with E-state index in [2.05, 4.69) is 9.72 Å². The molecule has 9 nitrogen and oxygen atoms in total. The van der Waals surface area contributed by atoms with Crippen molar-refractivity contribution >= 4 is 39.2 Å². The number of nitrogens with one attached hydrogen (secondary N) is 1. The van der Waals surface area contributed by atoms with Crippen LogP contribution in [-0.4, -0.2) is 50.5 Å². The van der Waals surface area contributed by atoms with E-state index in [-0.39, 0.29) is 41.4 Å². The van der Waals surface area contributed by atoms with Gasteiger partial charge in [0.1, 0.15) is 16.1 Å². The predicted molar refractivity (Wildman–Crippen MR) is 157 cm³/mol. The zero-order valence-corrected chi connectivity index (χ0v) is 25.8. The fraction of sp³-hybridized carbons (Fsp3) is 0.400. The first kappa shape index (κ1) is 33.9. The Labute approximate surface area is 264 Å². The highest BCUT2D eigenvalue weighted by Gasteiger charge is 2.35. The third-order valence-corrected chi connectivity index (χ3v) is 10.0. The van der Waals surface area contributed by atoms with Gasteiger partial charge in [0.25, 0.3) is 0 Å². The van der Waals surface area contributed by atoms with Gasteiger partial charge in [0, 0.05) is 25.1 Å². The Hall–Kier alpha value is -3.03. The van der Waals surface area contributed by atoms with E-state index < -0.39 is 34.6 Å². The average Bonchev–Trinajstić information content (AvgIpc) is 3.83. The van der Waals surface area contributed by atoms with Crippen molar-refractivity contribution in [1.29, 1.82) is 0 Å². The lowest BCUT2D eigenvalue weighted by molar-refractivity contribution is -0.377. The average molecular weight is 674 g/mol. The molecule has 0 bridgehead atoms. The predicted octanol–water partition coefficient (Wildman–Crippen LogP) is 5.95. The summed E-state index contributed by atoms with van der Waals surface area (Å²) in [6.45, 7) is -2.47. The summed E-state index contributed by atoms with van der Waals surface area (Å²) in [7, 11) is -3.80. The lowest BCUT2D eigenvalue weighted by Crippen LogP contribution is -2.43. The standard InChI is InChI=1S/C30H30Cl2F2N2O6S.H2O/c31-24-15-35-16-25(32)23(24)14-27(20-10-11-26(42-30(33)34)28(13-20)40-18-19-8-9-19)41-29(37)21-5-4-12-36(17-21)43(38,39)22-6-2-1-3-7-22;/h1-3,6-7,10-11,13,15-16,19,21,27,30H,4-5,8-9,12,14,17-18H2;1H2/t21-,27-;/m0./s1. The van der Waals surface area contributed by atoms with Gasteiger partial charge in [0.05, 0.1) is 17.4 Å². The highest BCUT2D eigenvalue weighted by molar-refractivity contribution is 7.89. The molecule has 1 aromatic heterocycles. The minimum atomic E-state index is -3.80. The maximum atomic E-state index is 13.6. The van der Waals surface area contributed by atoms with Crippen LogP contribution >= 0.6 is 23.2 Å². The number of sulfonamides is 1. The number of hydrogen-bond donors (Lipinski definition) is 0. The van der Waals surface area contributed by atoms with Crippen LogP contribution in [0.1, 0.15) is 42.9 Å². The van der Waals surface area contributed by atoms with Crippen LogP contribution < -0.4 is 14.5 Å². The Kier molecular flexibility index (Phi) is 11.4. The van der Waals surface area contributed by atoms with E-state index in [1.807, 2.05) is 0 Å². The first-order chi connectivity index (χ1) is 20.6. The third kappa shape index (κ3) is 8.36. The third-order valence-electron chi connectivity index (χ3n) is 7.47. The van der Waals surface area contributed by atoms with E-state index in [1.165, 1.54) is 34.6 Å². The Balaban J connectivity index is 0.00000442. The number of rotatable bonds is 12. The normalized spacial score (nSPS) is 17.9. The van der Waals surface area contributed by atoms with E-state index in [0.717, 1.165) is 12.8 Å². The first-order valence-electron chi connectivity index (χ1n) is 13.9. The summed E-state index contributed by atoms with van der Waals surface area (Å²) in [6, 6.07) is 12.4. The van der Waals surface area contributed by atoms with Crippen LogP contribution in [0.15, 0.2) is 65.8 Å². The van der Waals surface area contributed by atoms with Gasteiger partial charge in [-0.2, -0.15) is 13.1 Å². The van der Waals surface area contributed by atoms with E-state index in [0.29, 0.717) is 46.5 Å². The summed E-state index contributed by atoms with van der Waals surface area (Å²) >= 11 is 12.8. The van der Waals surface area contributed by atoms with Crippen LogP contribution in [0.2, 0.25) is 10.0 Å². The number of halogens is 4. The van der Waals surface area contributed by atoms with Crippen molar-refractivity contribution in [3.05, 3.63) is 82.1 Å². The summed E-state index contributed by atoms with van der Waals surface area (Å²) < 4.78 is 70.6. The minimum Gasteiger partial charge on any atom is -0.870 e. The summed E-state index contributed by atoms with van der Waals surface area (Å²) in [4.78, 5) is 16.6. The second kappa shape index (κ2) is 14.8. The van der Waals surface area contributed by atoms with Crippen LogP contribution in [-0.2, 0) is 26.0 Å². The van der Waals surface area contributed by atoms with E-state index in [9.17, 15) is 22.0 Å². The van der Waals surface area contributed by atoms with Crippen LogP contribution in [0.3, 0.4) is 0 Å². The number of nitrogens with zero attached hydrogens (tertiary/aromatic N) is 1. The molecule has 3 aromatic rings. The number of pyridine rings is 1. The van der Waals surface area contributed by atoms with Gasteiger partial charge >= 0.3 is 12.6 Å². The van der Waals surface area contributed by atoms with Crippen molar-refractivity contribution in [3.8, 4) is 11.5 Å².